The zero-order valence-corrected chi connectivity index (χ0v) is 19.7. The fourth-order valence-corrected chi connectivity index (χ4v) is 4.57. The van der Waals surface area contributed by atoms with E-state index in [0.717, 1.165) is 11.1 Å². The molecule has 0 aliphatic heterocycles. The lowest BCUT2D eigenvalue weighted by atomic mass is 9.71. The number of carbonyl (C=O) groups is 1. The number of hydrogen-bond donors (Lipinski definition) is 0. The van der Waals surface area contributed by atoms with Crippen LogP contribution in [0.2, 0.25) is 0 Å². The normalized spacial score (nSPS) is 14.8. The summed E-state index contributed by atoms with van der Waals surface area (Å²) in [7, 11) is 3.14. The lowest BCUT2D eigenvalue weighted by molar-refractivity contribution is -0.117. The molecule has 4 rings (SSSR count). The van der Waals surface area contributed by atoms with E-state index in [1.807, 2.05) is 39.8 Å². The summed E-state index contributed by atoms with van der Waals surface area (Å²) in [6, 6.07) is 11.2. The Hall–Kier alpha value is -3.47. The van der Waals surface area contributed by atoms with E-state index in [0.29, 0.717) is 39.0 Å². The highest BCUT2D eigenvalue weighted by molar-refractivity contribution is 6.31. The molecule has 0 fully saturated rings. The van der Waals surface area contributed by atoms with Crippen LogP contribution in [0.5, 0.6) is 11.5 Å². The molecule has 0 atom stereocenters. The molecule has 33 heavy (non-hydrogen) atoms. The van der Waals surface area contributed by atoms with Crippen molar-refractivity contribution in [1.82, 2.24) is 0 Å². The first-order valence-corrected chi connectivity index (χ1v) is 10.9. The summed E-state index contributed by atoms with van der Waals surface area (Å²) in [6.07, 6.45) is 1.78. The number of halogens is 1. The molecule has 1 aliphatic rings. The van der Waals surface area contributed by atoms with Crippen molar-refractivity contribution < 1.29 is 18.7 Å². The zero-order valence-electron chi connectivity index (χ0n) is 19.7. The van der Waals surface area contributed by atoms with E-state index in [2.05, 4.69) is 0 Å². The predicted molar refractivity (Wildman–Crippen MR) is 130 cm³/mol. The van der Waals surface area contributed by atoms with E-state index in [1.54, 1.807) is 38.5 Å². The molecule has 0 bridgehead atoms. The van der Waals surface area contributed by atoms with Gasteiger partial charge in [0, 0.05) is 21.9 Å². The van der Waals surface area contributed by atoms with Gasteiger partial charge in [-0.1, -0.05) is 26.0 Å². The highest BCUT2D eigenvalue weighted by Crippen LogP contribution is 2.44. The van der Waals surface area contributed by atoms with Gasteiger partial charge in [-0.15, -0.1) is 0 Å². The summed E-state index contributed by atoms with van der Waals surface area (Å²) >= 11 is 0. The molecule has 5 heteroatoms. The van der Waals surface area contributed by atoms with Crippen molar-refractivity contribution in [2.45, 2.75) is 39.0 Å². The summed E-state index contributed by atoms with van der Waals surface area (Å²) in [4.78, 5) is 26.9. The lowest BCUT2D eigenvalue weighted by Crippen LogP contribution is -2.33. The summed E-state index contributed by atoms with van der Waals surface area (Å²) in [6.45, 7) is 7.68. The molecule has 1 aliphatic carbocycles. The summed E-state index contributed by atoms with van der Waals surface area (Å²) in [5, 5.41) is 1.12. The highest BCUT2D eigenvalue weighted by Gasteiger charge is 2.38. The van der Waals surface area contributed by atoms with Crippen LogP contribution >= 0.6 is 0 Å². The van der Waals surface area contributed by atoms with Gasteiger partial charge in [0.05, 0.1) is 19.6 Å². The number of fused-ring (bicyclic) bond motifs is 2. The molecule has 0 aromatic heterocycles. The van der Waals surface area contributed by atoms with Crippen LogP contribution in [0.1, 0.15) is 55.9 Å². The maximum absolute atomic E-state index is 13.5. The summed E-state index contributed by atoms with van der Waals surface area (Å²) in [5.74, 6) is 0.701. The van der Waals surface area contributed by atoms with Gasteiger partial charge in [0.15, 0.2) is 22.7 Å². The number of rotatable bonds is 4. The molecule has 0 radical (unpaired) electrons. The molecular weight excluding hydrogens is 419 g/mol. The Morgan fingerprint density at radius 1 is 0.879 bits per heavy atom. The van der Waals surface area contributed by atoms with Crippen LogP contribution < -0.4 is 14.9 Å². The van der Waals surface area contributed by atoms with E-state index in [1.165, 1.54) is 12.1 Å². The van der Waals surface area contributed by atoms with Crippen molar-refractivity contribution in [1.29, 1.82) is 0 Å². The highest BCUT2D eigenvalue weighted by atomic mass is 19.1. The number of hydrogen-bond acceptors (Lipinski definition) is 4. The van der Waals surface area contributed by atoms with Gasteiger partial charge in [0.25, 0.3) is 0 Å². The molecule has 0 unspecified atom stereocenters. The Morgan fingerprint density at radius 3 is 2.09 bits per heavy atom. The van der Waals surface area contributed by atoms with Gasteiger partial charge in [-0.2, -0.15) is 0 Å². The molecule has 0 heterocycles. The average Bonchev–Trinajstić information content (AvgIpc) is 2.92. The molecule has 0 spiro atoms. The third kappa shape index (κ3) is 3.62. The number of benzene rings is 2. The minimum absolute atomic E-state index is 0.112. The third-order valence-electron chi connectivity index (χ3n) is 6.43. The molecule has 170 valence electrons. The van der Waals surface area contributed by atoms with Crippen molar-refractivity contribution in [3.63, 3.8) is 0 Å². The predicted octanol–water partition coefficient (Wildman–Crippen LogP) is 5.88. The van der Waals surface area contributed by atoms with Crippen molar-refractivity contribution in [2.24, 2.45) is 0 Å². The van der Waals surface area contributed by atoms with Crippen molar-refractivity contribution in [3.8, 4) is 11.5 Å². The summed E-state index contributed by atoms with van der Waals surface area (Å²) < 4.78 is 24.9. The molecule has 4 nitrogen and oxygen atoms in total. The van der Waals surface area contributed by atoms with Gasteiger partial charge in [0.1, 0.15) is 5.82 Å². The minimum atomic E-state index is -0.944. The smallest absolute Gasteiger partial charge is 0.186 e. The maximum atomic E-state index is 13.5. The molecule has 0 saturated carbocycles. The fraction of sp³-hybridized carbons (Fsp3) is 0.286. The number of Topliss-reactive ketones (excluding diaryl/α,β-unsaturated/α-hetero) is 1. The van der Waals surface area contributed by atoms with E-state index < -0.39 is 5.41 Å². The first-order valence-electron chi connectivity index (χ1n) is 10.9. The summed E-state index contributed by atoms with van der Waals surface area (Å²) in [5.41, 5.74) is 2.24. The topological polar surface area (TPSA) is 52.6 Å². The Kier molecular flexibility index (Phi) is 5.61. The largest absolute Gasteiger partial charge is 0.493 e. The zero-order chi connectivity index (χ0) is 24.1. The van der Waals surface area contributed by atoms with Crippen LogP contribution in [0, 0.1) is 5.82 Å². The average molecular weight is 447 g/mol. The molecular formula is C28H27FO4. The standard InChI is InChI=1S/C28H27FO4/c1-15(2)19-13-21-22(26(33-6)25(19)32-5)12-17-11-20(16-7-9-18(29)10-8-16)27(31)28(3,4)23(17)14-24(21)30/h7-15H,1-6H3. The first kappa shape index (κ1) is 22.7. The van der Waals surface area contributed by atoms with Crippen LogP contribution in [0.3, 0.4) is 0 Å². The van der Waals surface area contributed by atoms with Crippen LogP contribution in [-0.2, 0) is 10.2 Å². The molecule has 0 N–H and O–H groups in total. The van der Waals surface area contributed by atoms with Gasteiger partial charge in [-0.05, 0) is 72.9 Å². The number of carbonyl (C=O) groups excluding carboxylic acids is 1. The van der Waals surface area contributed by atoms with Crippen molar-refractivity contribution in [3.05, 3.63) is 80.8 Å². The first-order chi connectivity index (χ1) is 15.6. The van der Waals surface area contributed by atoms with Crippen LogP contribution in [0.15, 0.2) is 47.3 Å². The van der Waals surface area contributed by atoms with Gasteiger partial charge in [-0.3, -0.25) is 9.59 Å². The van der Waals surface area contributed by atoms with E-state index in [9.17, 15) is 14.0 Å². The molecule has 0 saturated heterocycles. The van der Waals surface area contributed by atoms with Crippen molar-refractivity contribution in [2.75, 3.05) is 14.2 Å². The lowest BCUT2D eigenvalue weighted by Gasteiger charge is -2.30. The Bertz CT molecular complexity index is 1370. The number of methoxy groups -OCH3 is 2. The van der Waals surface area contributed by atoms with Gasteiger partial charge < -0.3 is 9.47 Å². The van der Waals surface area contributed by atoms with Gasteiger partial charge in [-0.25, -0.2) is 4.39 Å². The van der Waals surface area contributed by atoms with Crippen LogP contribution in [0.25, 0.3) is 22.4 Å². The molecule has 3 aromatic carbocycles. The maximum Gasteiger partial charge on any atom is 0.186 e. The second-order valence-corrected chi connectivity index (χ2v) is 9.19. The van der Waals surface area contributed by atoms with E-state index in [4.69, 9.17) is 9.47 Å². The van der Waals surface area contributed by atoms with E-state index >= 15 is 0 Å². The van der Waals surface area contributed by atoms with Crippen molar-refractivity contribution >= 4 is 28.2 Å². The minimum Gasteiger partial charge on any atom is -0.493 e. The number of ether oxygens (including phenoxy) is 2. The van der Waals surface area contributed by atoms with Crippen LogP contribution in [-0.4, -0.2) is 20.0 Å². The Balaban J connectivity index is 2.14. The second kappa shape index (κ2) is 8.14. The van der Waals surface area contributed by atoms with Gasteiger partial charge >= 0.3 is 0 Å². The quantitative estimate of drug-likeness (QED) is 0.502. The number of ketones is 1. The second-order valence-electron chi connectivity index (χ2n) is 9.19. The van der Waals surface area contributed by atoms with E-state index in [-0.39, 0.29) is 22.9 Å². The van der Waals surface area contributed by atoms with Crippen LogP contribution in [0.4, 0.5) is 4.39 Å². The molecule has 3 aromatic rings. The number of allylic oxidation sites excluding steroid dienone is 1. The monoisotopic (exact) mass is 446 g/mol. The Morgan fingerprint density at radius 2 is 1.52 bits per heavy atom. The van der Waals surface area contributed by atoms with Gasteiger partial charge in [0.2, 0.25) is 0 Å². The Labute approximate surface area is 192 Å². The SMILES string of the molecule is COc1c(C(C)C)cc2c(=O)cc3c(cc2c1OC)C=C(c1ccc(F)cc1)C(=O)C3(C)C. The fourth-order valence-electron chi connectivity index (χ4n) is 4.57. The molecule has 0 amide bonds. The third-order valence-corrected chi connectivity index (χ3v) is 6.43.